The second kappa shape index (κ2) is 10.5. The number of rotatable bonds is 9. The molecule has 0 aliphatic rings. The van der Waals surface area contributed by atoms with E-state index >= 15 is 0 Å². The van der Waals surface area contributed by atoms with Gasteiger partial charge in [-0.15, -0.1) is 0 Å². The number of benzene rings is 2. The number of sulfone groups is 1. The number of hydrogen-bond acceptors (Lipinski definition) is 6. The lowest BCUT2D eigenvalue weighted by atomic mass is 10.2. The summed E-state index contributed by atoms with van der Waals surface area (Å²) >= 11 is 9.52. The zero-order valence-electron chi connectivity index (χ0n) is 19.3. The van der Waals surface area contributed by atoms with Crippen LogP contribution in [0.1, 0.15) is 27.7 Å². The van der Waals surface area contributed by atoms with Gasteiger partial charge in [0.1, 0.15) is 4.90 Å². The highest BCUT2D eigenvalue weighted by atomic mass is 79.9. The molecule has 1 heterocycles. The fourth-order valence-electron chi connectivity index (χ4n) is 3.80. The topological polar surface area (TPSA) is 96.4 Å². The molecule has 1 aromatic heterocycles. The summed E-state index contributed by atoms with van der Waals surface area (Å²) < 4.78 is 55.6. The van der Waals surface area contributed by atoms with Gasteiger partial charge in [0.25, 0.3) is 10.0 Å². The van der Waals surface area contributed by atoms with Crippen LogP contribution in [0, 0.1) is 0 Å². The number of anilines is 1. The summed E-state index contributed by atoms with van der Waals surface area (Å²) in [4.78, 5) is 6.21. The first-order chi connectivity index (χ1) is 15.8. The van der Waals surface area contributed by atoms with Gasteiger partial charge in [0.15, 0.2) is 9.84 Å². The van der Waals surface area contributed by atoms with Crippen LogP contribution in [0.5, 0.6) is 0 Å². The van der Waals surface area contributed by atoms with Crippen molar-refractivity contribution in [1.82, 2.24) is 9.88 Å². The molecule has 2 aromatic carbocycles. The van der Waals surface area contributed by atoms with Crippen molar-refractivity contribution < 1.29 is 16.8 Å². The maximum Gasteiger partial charge on any atom is 0.264 e. The zero-order chi connectivity index (χ0) is 25.3. The standard InChI is InChI=1S/C23H27BrClN3O4S2/c1-15(2)28(16(3)4)8-9-33(29,30)21-13-19(25)12-20(14-21)27-34(31,32)22-11-18(24)10-17-6-5-7-26-23(17)22/h5-7,10-16,27H,8-9H2,1-4H3. The lowest BCUT2D eigenvalue weighted by Gasteiger charge is -2.30. The lowest BCUT2D eigenvalue weighted by molar-refractivity contribution is 0.186. The van der Waals surface area contributed by atoms with Crippen molar-refractivity contribution in [3.63, 3.8) is 0 Å². The third-order valence-corrected chi connectivity index (χ3v) is 9.10. The summed E-state index contributed by atoms with van der Waals surface area (Å²) in [6, 6.07) is 11.1. The molecule has 34 heavy (non-hydrogen) atoms. The van der Waals surface area contributed by atoms with Crippen LogP contribution >= 0.6 is 27.5 Å². The van der Waals surface area contributed by atoms with Crippen molar-refractivity contribution in [3.05, 3.63) is 58.2 Å². The van der Waals surface area contributed by atoms with Crippen molar-refractivity contribution in [1.29, 1.82) is 0 Å². The Labute approximate surface area is 214 Å². The molecule has 0 fully saturated rings. The van der Waals surface area contributed by atoms with E-state index in [1.807, 2.05) is 27.7 Å². The summed E-state index contributed by atoms with van der Waals surface area (Å²) in [5.41, 5.74) is 0.357. The molecule has 11 heteroatoms. The van der Waals surface area contributed by atoms with Crippen molar-refractivity contribution in [2.45, 2.75) is 49.6 Å². The molecule has 0 saturated carbocycles. The number of fused-ring (bicyclic) bond motifs is 1. The zero-order valence-corrected chi connectivity index (χ0v) is 23.3. The van der Waals surface area contributed by atoms with E-state index in [2.05, 4.69) is 30.5 Å². The Morgan fingerprint density at radius 1 is 1.03 bits per heavy atom. The van der Waals surface area contributed by atoms with Gasteiger partial charge in [-0.1, -0.05) is 33.6 Å². The monoisotopic (exact) mass is 587 g/mol. The van der Waals surface area contributed by atoms with Crippen LogP contribution < -0.4 is 4.72 Å². The van der Waals surface area contributed by atoms with E-state index in [4.69, 9.17) is 11.6 Å². The maximum absolute atomic E-state index is 13.2. The Kier molecular flexibility index (Phi) is 8.29. The Hall–Kier alpha value is -1.72. The molecule has 0 unspecified atom stereocenters. The van der Waals surface area contributed by atoms with Crippen LogP contribution in [-0.4, -0.2) is 51.1 Å². The number of halogens is 2. The molecule has 3 aromatic rings. The van der Waals surface area contributed by atoms with Gasteiger partial charge in [0, 0.05) is 39.7 Å². The number of nitrogens with one attached hydrogen (secondary N) is 1. The van der Waals surface area contributed by atoms with Gasteiger partial charge in [-0.25, -0.2) is 16.8 Å². The van der Waals surface area contributed by atoms with Crippen LogP contribution in [0.3, 0.4) is 0 Å². The molecule has 1 N–H and O–H groups in total. The van der Waals surface area contributed by atoms with E-state index in [-0.39, 0.29) is 38.3 Å². The molecule has 7 nitrogen and oxygen atoms in total. The Morgan fingerprint density at radius 3 is 2.35 bits per heavy atom. The minimum Gasteiger partial charge on any atom is -0.298 e. The highest BCUT2D eigenvalue weighted by Crippen LogP contribution is 2.30. The third kappa shape index (κ3) is 6.28. The highest BCUT2D eigenvalue weighted by molar-refractivity contribution is 9.10. The summed E-state index contributed by atoms with van der Waals surface area (Å²) in [5.74, 6) is -0.115. The molecule has 0 atom stereocenters. The summed E-state index contributed by atoms with van der Waals surface area (Å²) in [6.45, 7) is 8.40. The average Bonchev–Trinajstić information content (AvgIpc) is 2.71. The van der Waals surface area contributed by atoms with Gasteiger partial charge >= 0.3 is 0 Å². The van der Waals surface area contributed by atoms with E-state index in [1.165, 1.54) is 30.5 Å². The molecule has 0 amide bonds. The molecule has 0 aliphatic carbocycles. The highest BCUT2D eigenvalue weighted by Gasteiger charge is 2.23. The van der Waals surface area contributed by atoms with Crippen molar-refractivity contribution in [2.24, 2.45) is 0 Å². The van der Waals surface area contributed by atoms with Gasteiger partial charge in [-0.05, 0) is 64.1 Å². The molecule has 0 aliphatic heterocycles. The SMILES string of the molecule is CC(C)N(CCS(=O)(=O)c1cc(Cl)cc(NS(=O)(=O)c2cc(Br)cc3cccnc23)c1)C(C)C. The number of nitrogens with zero attached hydrogens (tertiary/aromatic N) is 2. The first-order valence-electron chi connectivity index (χ1n) is 10.7. The predicted octanol–water partition coefficient (Wildman–Crippen LogP) is 5.34. The Balaban J connectivity index is 1.94. The van der Waals surface area contributed by atoms with Crippen LogP contribution in [0.15, 0.2) is 62.9 Å². The van der Waals surface area contributed by atoms with Crippen molar-refractivity contribution in [3.8, 4) is 0 Å². The predicted molar refractivity (Wildman–Crippen MR) is 141 cm³/mol. The van der Waals surface area contributed by atoms with Gasteiger partial charge < -0.3 is 0 Å². The van der Waals surface area contributed by atoms with Crippen molar-refractivity contribution in [2.75, 3.05) is 17.0 Å². The van der Waals surface area contributed by atoms with Gasteiger partial charge in [-0.2, -0.15) is 0 Å². The molecular formula is C23H27BrClN3O4S2. The normalized spacial score (nSPS) is 12.7. The fraction of sp³-hybridized carbons (Fsp3) is 0.348. The maximum atomic E-state index is 13.2. The number of sulfonamides is 1. The van der Waals surface area contributed by atoms with Crippen molar-refractivity contribution >= 4 is 64.0 Å². The molecule has 184 valence electrons. The smallest absolute Gasteiger partial charge is 0.264 e. The van der Waals surface area contributed by atoms with E-state index in [9.17, 15) is 16.8 Å². The van der Waals surface area contributed by atoms with E-state index in [0.717, 1.165) is 0 Å². The minimum absolute atomic E-state index is 0.0358. The van der Waals surface area contributed by atoms with E-state index in [0.29, 0.717) is 21.9 Å². The van der Waals surface area contributed by atoms with Crippen LogP contribution in [0.25, 0.3) is 10.9 Å². The fourth-order valence-corrected chi connectivity index (χ4v) is 7.27. The molecule has 0 bridgehead atoms. The first-order valence-corrected chi connectivity index (χ1v) is 15.0. The second-order valence-electron chi connectivity index (χ2n) is 8.50. The van der Waals surface area contributed by atoms with Crippen LogP contribution in [0.2, 0.25) is 5.02 Å². The largest absolute Gasteiger partial charge is 0.298 e. The van der Waals surface area contributed by atoms with E-state index < -0.39 is 19.9 Å². The second-order valence-corrected chi connectivity index (χ2v) is 13.6. The van der Waals surface area contributed by atoms with E-state index in [1.54, 1.807) is 18.2 Å². The Bertz CT molecular complexity index is 1400. The van der Waals surface area contributed by atoms with Gasteiger partial charge in [0.2, 0.25) is 0 Å². The minimum atomic E-state index is -4.09. The molecule has 0 spiro atoms. The van der Waals surface area contributed by atoms with Gasteiger partial charge in [-0.3, -0.25) is 14.6 Å². The third-order valence-electron chi connectivity index (χ3n) is 5.35. The lowest BCUT2D eigenvalue weighted by Crippen LogP contribution is -2.40. The quantitative estimate of drug-likeness (QED) is 0.362. The number of pyridine rings is 1. The summed E-state index contributed by atoms with van der Waals surface area (Å²) in [6.07, 6.45) is 1.51. The number of hydrogen-bond donors (Lipinski definition) is 1. The van der Waals surface area contributed by atoms with Crippen LogP contribution in [0.4, 0.5) is 5.69 Å². The van der Waals surface area contributed by atoms with Crippen LogP contribution in [-0.2, 0) is 19.9 Å². The van der Waals surface area contributed by atoms with Gasteiger partial charge in [0.05, 0.1) is 21.9 Å². The summed E-state index contributed by atoms with van der Waals surface area (Å²) in [7, 11) is -7.80. The Morgan fingerprint density at radius 2 is 1.71 bits per heavy atom. The number of aromatic nitrogens is 1. The molecule has 0 saturated heterocycles. The molecular weight excluding hydrogens is 562 g/mol. The molecule has 3 rings (SSSR count). The average molecular weight is 589 g/mol. The molecule has 0 radical (unpaired) electrons. The first kappa shape index (κ1) is 26.9. The summed E-state index contributed by atoms with van der Waals surface area (Å²) in [5, 5.41) is 0.757.